The Hall–Kier alpha value is -0.580. The van der Waals surface area contributed by atoms with E-state index in [9.17, 15) is 35.4 Å². The molecule has 0 bridgehead atoms. The van der Waals surface area contributed by atoms with Gasteiger partial charge in [-0.25, -0.2) is 0 Å². The highest BCUT2D eigenvalue weighted by molar-refractivity contribution is 7.99. The Kier molecular flexibility index (Phi) is 8.84. The van der Waals surface area contributed by atoms with Crippen molar-refractivity contribution >= 4 is 17.7 Å². The molecule has 0 aromatic carbocycles. The molecule has 12 nitrogen and oxygen atoms in total. The summed E-state index contributed by atoms with van der Waals surface area (Å²) >= 11 is 1.11. The monoisotopic (exact) mass is 428 g/mol. The number of hydrogen-bond donors (Lipinski definition) is 8. The smallest absolute Gasteiger partial charge is 0.217 e. The standard InChI is InChI=1S/C15H28N2O10S/c1-5(20)17-8-10(22)13(7(3-19)26-15(8)28-4-16)27-14-12(24)11(23)9(21)6(2-18)25-14/h6-15,18-19,21-24H,2-4,16H2,1H3,(H,17,20). The van der Waals surface area contributed by atoms with E-state index in [-0.39, 0.29) is 5.88 Å². The highest BCUT2D eigenvalue weighted by Gasteiger charge is 2.50. The number of nitrogens with two attached hydrogens (primary N) is 1. The first-order valence-electron chi connectivity index (χ1n) is 8.74. The molecule has 2 rings (SSSR count). The number of amides is 1. The van der Waals surface area contributed by atoms with E-state index >= 15 is 0 Å². The Morgan fingerprint density at radius 1 is 1.04 bits per heavy atom. The van der Waals surface area contributed by atoms with Crippen LogP contribution in [-0.2, 0) is 19.0 Å². The Labute approximate surface area is 165 Å². The number of rotatable bonds is 7. The van der Waals surface area contributed by atoms with Crippen molar-refractivity contribution in [2.24, 2.45) is 5.73 Å². The van der Waals surface area contributed by atoms with Gasteiger partial charge in [0.2, 0.25) is 5.91 Å². The largest absolute Gasteiger partial charge is 0.394 e. The minimum atomic E-state index is -1.69. The fourth-order valence-corrected chi connectivity index (χ4v) is 4.04. The first kappa shape index (κ1) is 23.7. The van der Waals surface area contributed by atoms with Crippen LogP contribution in [-0.4, -0.2) is 116 Å². The van der Waals surface area contributed by atoms with E-state index in [0.29, 0.717) is 0 Å². The number of hydrogen-bond acceptors (Lipinski definition) is 12. The zero-order chi connectivity index (χ0) is 21.0. The van der Waals surface area contributed by atoms with E-state index in [4.69, 9.17) is 19.9 Å². The van der Waals surface area contributed by atoms with E-state index < -0.39 is 79.6 Å². The molecule has 10 unspecified atom stereocenters. The van der Waals surface area contributed by atoms with Crippen LogP contribution in [0.5, 0.6) is 0 Å². The van der Waals surface area contributed by atoms with Crippen LogP contribution >= 0.6 is 11.8 Å². The zero-order valence-electron chi connectivity index (χ0n) is 15.2. The number of nitrogens with one attached hydrogen (secondary N) is 1. The van der Waals surface area contributed by atoms with E-state index in [1.165, 1.54) is 6.92 Å². The van der Waals surface area contributed by atoms with Crippen LogP contribution in [0.2, 0.25) is 0 Å². The molecule has 28 heavy (non-hydrogen) atoms. The molecule has 10 atom stereocenters. The summed E-state index contributed by atoms with van der Waals surface area (Å²) in [6.07, 6.45) is -11.4. The molecule has 2 saturated heterocycles. The van der Waals surface area contributed by atoms with Crippen molar-refractivity contribution in [2.45, 2.75) is 67.4 Å². The maximum Gasteiger partial charge on any atom is 0.217 e. The van der Waals surface area contributed by atoms with Gasteiger partial charge in [0.25, 0.3) is 0 Å². The molecule has 2 aliphatic heterocycles. The van der Waals surface area contributed by atoms with Crippen molar-refractivity contribution in [1.29, 1.82) is 0 Å². The number of carbonyl (C=O) groups is 1. The van der Waals surface area contributed by atoms with Gasteiger partial charge in [0.05, 0.1) is 19.3 Å². The van der Waals surface area contributed by atoms with Crippen LogP contribution < -0.4 is 11.1 Å². The molecule has 2 aliphatic rings. The van der Waals surface area contributed by atoms with Gasteiger partial charge in [-0.3, -0.25) is 4.79 Å². The minimum absolute atomic E-state index is 0.129. The van der Waals surface area contributed by atoms with Gasteiger partial charge < -0.3 is 55.9 Å². The summed E-state index contributed by atoms with van der Waals surface area (Å²) < 4.78 is 16.5. The van der Waals surface area contributed by atoms with Crippen molar-refractivity contribution in [2.75, 3.05) is 19.1 Å². The lowest BCUT2D eigenvalue weighted by molar-refractivity contribution is -0.333. The number of aliphatic hydroxyl groups excluding tert-OH is 6. The Bertz CT molecular complexity index is 515. The molecule has 0 saturated carbocycles. The summed E-state index contributed by atoms with van der Waals surface area (Å²) in [4.78, 5) is 11.5. The lowest BCUT2D eigenvalue weighted by Gasteiger charge is -2.47. The van der Waals surface area contributed by atoms with Crippen LogP contribution in [0.15, 0.2) is 0 Å². The molecule has 13 heteroatoms. The highest BCUT2D eigenvalue weighted by Crippen LogP contribution is 2.32. The summed E-state index contributed by atoms with van der Waals surface area (Å²) in [5.74, 6) is -0.312. The molecule has 2 fully saturated rings. The van der Waals surface area contributed by atoms with Gasteiger partial charge in [0, 0.05) is 12.8 Å². The third-order valence-corrected chi connectivity index (χ3v) is 5.55. The second-order valence-corrected chi connectivity index (χ2v) is 7.70. The molecule has 164 valence electrons. The maximum absolute atomic E-state index is 11.5. The van der Waals surface area contributed by atoms with E-state index in [2.05, 4.69) is 5.32 Å². The topological polar surface area (TPSA) is 204 Å². The van der Waals surface area contributed by atoms with Crippen molar-refractivity contribution in [3.05, 3.63) is 0 Å². The van der Waals surface area contributed by atoms with Crippen LogP contribution in [0, 0.1) is 0 Å². The Morgan fingerprint density at radius 2 is 1.68 bits per heavy atom. The zero-order valence-corrected chi connectivity index (χ0v) is 16.0. The van der Waals surface area contributed by atoms with Crippen LogP contribution in [0.3, 0.4) is 0 Å². The summed E-state index contributed by atoms with van der Waals surface area (Å²) in [5.41, 5.74) is 4.74. The van der Waals surface area contributed by atoms with Crippen molar-refractivity contribution in [3.8, 4) is 0 Å². The second-order valence-electron chi connectivity index (χ2n) is 6.57. The van der Waals surface area contributed by atoms with E-state index in [1.54, 1.807) is 0 Å². The van der Waals surface area contributed by atoms with Crippen LogP contribution in [0.4, 0.5) is 0 Å². The van der Waals surface area contributed by atoms with Gasteiger partial charge in [0.15, 0.2) is 6.29 Å². The van der Waals surface area contributed by atoms with E-state index in [1.807, 2.05) is 0 Å². The third-order valence-electron chi connectivity index (χ3n) is 4.62. The predicted octanol–water partition coefficient (Wildman–Crippen LogP) is -4.60. The number of thioether (sulfide) groups is 1. The molecule has 0 radical (unpaired) electrons. The van der Waals surface area contributed by atoms with Crippen molar-refractivity contribution in [1.82, 2.24) is 5.32 Å². The molecule has 0 aromatic rings. The van der Waals surface area contributed by atoms with Crippen LogP contribution in [0.1, 0.15) is 6.92 Å². The Balaban J connectivity index is 2.20. The number of ether oxygens (including phenoxy) is 3. The number of carbonyl (C=O) groups excluding carboxylic acids is 1. The normalized spacial score (nSPS) is 44.3. The van der Waals surface area contributed by atoms with Gasteiger partial charge in [-0.05, 0) is 0 Å². The van der Waals surface area contributed by atoms with Gasteiger partial charge in [-0.1, -0.05) is 0 Å². The van der Waals surface area contributed by atoms with Crippen molar-refractivity contribution < 1.29 is 49.6 Å². The molecule has 0 aliphatic carbocycles. The molecule has 0 spiro atoms. The molecular weight excluding hydrogens is 400 g/mol. The lowest BCUT2D eigenvalue weighted by Crippen LogP contribution is -2.66. The quantitative estimate of drug-likeness (QED) is 0.180. The van der Waals surface area contributed by atoms with Crippen molar-refractivity contribution in [3.63, 3.8) is 0 Å². The Morgan fingerprint density at radius 3 is 2.21 bits per heavy atom. The molecule has 9 N–H and O–H groups in total. The molecular formula is C15H28N2O10S. The second kappa shape index (κ2) is 10.4. The average Bonchev–Trinajstić information content (AvgIpc) is 2.66. The predicted molar refractivity (Wildman–Crippen MR) is 94.6 cm³/mol. The number of aliphatic hydroxyl groups is 6. The SMILES string of the molecule is CC(=O)NC1C(SCN)OC(CO)C(OC2OC(CO)C(O)C(O)C2O)C1O. The molecule has 2 heterocycles. The van der Waals surface area contributed by atoms with Gasteiger partial charge >= 0.3 is 0 Å². The fourth-order valence-electron chi connectivity index (χ4n) is 3.20. The summed E-state index contributed by atoms with van der Waals surface area (Å²) in [7, 11) is 0. The van der Waals surface area contributed by atoms with Gasteiger partial charge in [-0.2, -0.15) is 0 Å². The highest BCUT2D eigenvalue weighted by atomic mass is 32.2. The van der Waals surface area contributed by atoms with Crippen LogP contribution in [0.25, 0.3) is 0 Å². The molecule has 0 aromatic heterocycles. The first-order valence-corrected chi connectivity index (χ1v) is 9.79. The summed E-state index contributed by atoms with van der Waals surface area (Å²) in [5, 5.41) is 62.0. The lowest BCUT2D eigenvalue weighted by atomic mass is 9.96. The minimum Gasteiger partial charge on any atom is -0.394 e. The third kappa shape index (κ3) is 5.12. The molecule has 1 amide bonds. The maximum atomic E-state index is 11.5. The van der Waals surface area contributed by atoms with Gasteiger partial charge in [0.1, 0.15) is 48.2 Å². The average molecular weight is 428 g/mol. The fraction of sp³-hybridized carbons (Fsp3) is 0.933. The first-order chi connectivity index (χ1) is 13.2. The summed E-state index contributed by atoms with van der Waals surface area (Å²) in [6, 6.07) is -0.941. The van der Waals surface area contributed by atoms with Gasteiger partial charge in [-0.15, -0.1) is 11.8 Å². The van der Waals surface area contributed by atoms with E-state index in [0.717, 1.165) is 11.8 Å². The summed E-state index contributed by atoms with van der Waals surface area (Å²) in [6.45, 7) is 0.0394.